The molecule has 0 aliphatic rings. The molecule has 0 spiro atoms. The monoisotopic (exact) mass is 585 g/mol. The second kappa shape index (κ2) is 13.2. The van der Waals surface area contributed by atoms with Gasteiger partial charge in [-0.25, -0.2) is 0 Å². The molecule has 0 aliphatic heterocycles. The summed E-state index contributed by atoms with van der Waals surface area (Å²) in [6.07, 6.45) is 3.17. The number of carbonyl (C=O) groups is 2. The van der Waals surface area contributed by atoms with E-state index in [1.165, 1.54) is 9.70 Å². The van der Waals surface area contributed by atoms with Crippen LogP contribution in [0.25, 0.3) is 11.4 Å². The number of halogens is 2. The zero-order chi connectivity index (χ0) is 28.6. The summed E-state index contributed by atoms with van der Waals surface area (Å²) in [7, 11) is 0. The van der Waals surface area contributed by atoms with Crippen molar-refractivity contribution in [2.45, 2.75) is 25.7 Å². The minimum absolute atomic E-state index is 0.0724. The number of rotatable bonds is 10. The average molecular weight is 586 g/mol. The third-order valence-corrected chi connectivity index (χ3v) is 6.96. The molecule has 2 heterocycles. The highest BCUT2D eigenvalue weighted by Crippen LogP contribution is 2.27. The van der Waals surface area contributed by atoms with E-state index in [2.05, 4.69) is 25.7 Å². The van der Waals surface area contributed by atoms with Gasteiger partial charge in [0.05, 0.1) is 0 Å². The lowest BCUT2D eigenvalue weighted by atomic mass is 10.0. The first kappa shape index (κ1) is 27.9. The highest BCUT2D eigenvalue weighted by atomic mass is 35.5. The molecule has 0 radical (unpaired) electrons. The van der Waals surface area contributed by atoms with Crippen molar-refractivity contribution in [3.63, 3.8) is 0 Å². The van der Waals surface area contributed by atoms with Gasteiger partial charge >= 0.3 is 0 Å². The fraction of sp³-hybridized carbons (Fsp3) is 0.133. The maximum atomic E-state index is 14.0. The second-order valence-electron chi connectivity index (χ2n) is 9.15. The molecule has 11 heteroatoms. The van der Waals surface area contributed by atoms with Crippen molar-refractivity contribution in [2.24, 2.45) is 0 Å². The molecule has 0 bridgehead atoms. The van der Waals surface area contributed by atoms with Crippen molar-refractivity contribution in [2.75, 3.05) is 0 Å². The van der Waals surface area contributed by atoms with Gasteiger partial charge in [0.2, 0.25) is 17.6 Å². The zero-order valence-electron chi connectivity index (χ0n) is 21.8. The van der Waals surface area contributed by atoms with Crippen LogP contribution in [0.15, 0.2) is 103 Å². The number of hydrogen-bond acceptors (Lipinski definition) is 6. The van der Waals surface area contributed by atoms with E-state index in [0.717, 1.165) is 5.56 Å². The number of benzene rings is 3. The molecule has 2 aromatic heterocycles. The van der Waals surface area contributed by atoms with E-state index in [-0.39, 0.29) is 19.0 Å². The predicted molar refractivity (Wildman–Crippen MR) is 156 cm³/mol. The molecule has 5 aromatic rings. The van der Waals surface area contributed by atoms with Gasteiger partial charge in [-0.1, -0.05) is 71.7 Å². The maximum Gasteiger partial charge on any atom is 0.247 e. The highest BCUT2D eigenvalue weighted by Gasteiger charge is 2.32. The van der Waals surface area contributed by atoms with Crippen LogP contribution >= 0.6 is 23.2 Å². The number of nitrogens with zero attached hydrogens (tertiary/aromatic N) is 6. The molecule has 2 amide bonds. The Labute approximate surface area is 246 Å². The van der Waals surface area contributed by atoms with Crippen molar-refractivity contribution < 1.29 is 9.59 Å². The van der Waals surface area contributed by atoms with Crippen LogP contribution in [0, 0.1) is 0 Å². The molecule has 5 rings (SSSR count). The molecule has 0 saturated heterocycles. The fourth-order valence-corrected chi connectivity index (χ4v) is 4.59. The Morgan fingerprint density at radius 2 is 1.59 bits per heavy atom. The van der Waals surface area contributed by atoms with E-state index < -0.39 is 11.9 Å². The lowest BCUT2D eigenvalue weighted by molar-refractivity contribution is -0.142. The topological polar surface area (TPSA) is 106 Å². The molecule has 0 saturated carbocycles. The van der Waals surface area contributed by atoms with Gasteiger partial charge in [0.25, 0.3) is 0 Å². The lowest BCUT2D eigenvalue weighted by Gasteiger charge is -2.31. The van der Waals surface area contributed by atoms with E-state index in [1.54, 1.807) is 54.9 Å². The van der Waals surface area contributed by atoms with E-state index >= 15 is 0 Å². The van der Waals surface area contributed by atoms with Crippen molar-refractivity contribution in [3.05, 3.63) is 130 Å². The Bertz CT molecular complexity index is 1610. The number of aromatic nitrogens is 5. The predicted octanol–water partition coefficient (Wildman–Crippen LogP) is 5.13. The van der Waals surface area contributed by atoms with Gasteiger partial charge in [0.15, 0.2) is 0 Å². The number of nitrogens with one attached hydrogen (secondary N) is 1. The van der Waals surface area contributed by atoms with Crippen LogP contribution in [0.2, 0.25) is 10.0 Å². The van der Waals surface area contributed by atoms with Gasteiger partial charge < -0.3 is 10.2 Å². The van der Waals surface area contributed by atoms with Crippen molar-refractivity contribution in [1.82, 2.24) is 35.4 Å². The molecule has 0 aliphatic carbocycles. The fourth-order valence-electron chi connectivity index (χ4n) is 4.27. The molecule has 1 atom stereocenters. The summed E-state index contributed by atoms with van der Waals surface area (Å²) >= 11 is 12.5. The summed E-state index contributed by atoms with van der Waals surface area (Å²) < 4.78 is 0. The van der Waals surface area contributed by atoms with E-state index in [0.29, 0.717) is 39.1 Å². The van der Waals surface area contributed by atoms with E-state index in [4.69, 9.17) is 23.2 Å². The standard InChI is InChI=1S/C30H25Cl2N7O2/c31-25-12-10-23(11-13-25)29-35-37-39(36-29)20-27(40)38(19-24-8-4-5-9-26(24)32)28(22-14-16-33-17-15-22)30(41)34-18-21-6-2-1-3-7-21/h1-17,28H,18-20H2,(H,34,41). The summed E-state index contributed by atoms with van der Waals surface area (Å²) in [6, 6.07) is 26.2. The molecular weight excluding hydrogens is 561 g/mol. The van der Waals surface area contributed by atoms with Crippen molar-refractivity contribution in [3.8, 4) is 11.4 Å². The van der Waals surface area contributed by atoms with Crippen LogP contribution in [0.1, 0.15) is 22.7 Å². The number of hydrogen-bond donors (Lipinski definition) is 1. The Morgan fingerprint density at radius 3 is 2.32 bits per heavy atom. The largest absolute Gasteiger partial charge is 0.350 e. The summed E-state index contributed by atoms with van der Waals surface area (Å²) in [5.74, 6) is -0.408. The van der Waals surface area contributed by atoms with E-state index in [9.17, 15) is 9.59 Å². The molecule has 41 heavy (non-hydrogen) atoms. The normalized spacial score (nSPS) is 11.6. The van der Waals surface area contributed by atoms with Gasteiger partial charge in [0.1, 0.15) is 12.6 Å². The molecule has 1 N–H and O–H groups in total. The Balaban J connectivity index is 1.46. The van der Waals surface area contributed by atoms with Crippen LogP contribution in [0.5, 0.6) is 0 Å². The third kappa shape index (κ3) is 7.13. The number of carbonyl (C=O) groups excluding carboxylic acids is 2. The second-order valence-corrected chi connectivity index (χ2v) is 9.99. The Hall–Kier alpha value is -4.60. The number of tetrazole rings is 1. The molecule has 206 valence electrons. The Morgan fingerprint density at radius 1 is 0.878 bits per heavy atom. The first-order valence-corrected chi connectivity index (χ1v) is 13.5. The number of pyridine rings is 1. The smallest absolute Gasteiger partial charge is 0.247 e. The highest BCUT2D eigenvalue weighted by molar-refractivity contribution is 6.31. The van der Waals surface area contributed by atoms with Gasteiger partial charge in [-0.05, 0) is 64.4 Å². The molecule has 9 nitrogen and oxygen atoms in total. The zero-order valence-corrected chi connectivity index (χ0v) is 23.3. The van der Waals surface area contributed by atoms with Gasteiger partial charge in [-0.3, -0.25) is 14.6 Å². The van der Waals surface area contributed by atoms with Crippen molar-refractivity contribution in [1.29, 1.82) is 0 Å². The maximum absolute atomic E-state index is 14.0. The lowest BCUT2D eigenvalue weighted by Crippen LogP contribution is -2.44. The molecular formula is C30H25Cl2N7O2. The average Bonchev–Trinajstić information content (AvgIpc) is 3.46. The van der Waals surface area contributed by atoms with Gasteiger partial charge in [-0.15, -0.1) is 10.2 Å². The summed E-state index contributed by atoms with van der Waals surface area (Å²) in [5, 5.41) is 16.6. The number of amides is 2. The van der Waals surface area contributed by atoms with E-state index in [1.807, 2.05) is 48.5 Å². The Kier molecular flexibility index (Phi) is 8.98. The van der Waals surface area contributed by atoms with Gasteiger partial charge in [-0.2, -0.15) is 4.80 Å². The SMILES string of the molecule is O=C(NCc1ccccc1)C(c1ccncc1)N(Cc1ccccc1Cl)C(=O)Cn1nnc(-c2ccc(Cl)cc2)n1. The van der Waals surface area contributed by atoms with Crippen LogP contribution in [-0.4, -0.2) is 41.9 Å². The molecule has 0 fully saturated rings. The third-order valence-electron chi connectivity index (χ3n) is 6.34. The molecule has 3 aromatic carbocycles. The first-order valence-electron chi connectivity index (χ1n) is 12.8. The van der Waals surface area contributed by atoms with Crippen LogP contribution in [0.4, 0.5) is 0 Å². The van der Waals surface area contributed by atoms with Crippen LogP contribution < -0.4 is 5.32 Å². The quantitative estimate of drug-likeness (QED) is 0.243. The summed E-state index contributed by atoms with van der Waals surface area (Å²) in [4.78, 5) is 34.5. The summed E-state index contributed by atoms with van der Waals surface area (Å²) in [5.41, 5.74) is 2.92. The minimum atomic E-state index is -0.982. The van der Waals surface area contributed by atoms with Crippen LogP contribution in [0.3, 0.4) is 0 Å². The van der Waals surface area contributed by atoms with Gasteiger partial charge in [0, 0.05) is 41.1 Å². The minimum Gasteiger partial charge on any atom is -0.350 e. The molecule has 1 unspecified atom stereocenters. The van der Waals surface area contributed by atoms with Crippen molar-refractivity contribution >= 4 is 35.0 Å². The summed E-state index contributed by atoms with van der Waals surface area (Å²) in [6.45, 7) is 0.117. The first-order chi connectivity index (χ1) is 20.0. The van der Waals surface area contributed by atoms with Crippen LogP contribution in [-0.2, 0) is 29.2 Å².